The number of piperazine rings is 1. The Hall–Kier alpha value is -1.14. The third kappa shape index (κ3) is 3.13. The Balaban J connectivity index is 2.00. The van der Waals surface area contributed by atoms with E-state index >= 15 is 0 Å². The van der Waals surface area contributed by atoms with E-state index in [1.165, 1.54) is 6.07 Å². The van der Waals surface area contributed by atoms with Crippen molar-refractivity contribution in [1.29, 1.82) is 0 Å². The third-order valence-electron chi connectivity index (χ3n) is 4.78. The van der Waals surface area contributed by atoms with Crippen molar-refractivity contribution in [2.75, 3.05) is 26.2 Å². The van der Waals surface area contributed by atoms with Crippen molar-refractivity contribution in [2.24, 2.45) is 5.92 Å². The van der Waals surface area contributed by atoms with E-state index in [9.17, 15) is 17.6 Å². The molecule has 6 heteroatoms. The Bertz CT molecular complexity index is 519. The van der Waals surface area contributed by atoms with E-state index in [0.717, 1.165) is 51.5 Å². The second-order valence-corrected chi connectivity index (χ2v) is 6.15. The molecule has 2 fully saturated rings. The zero-order valence-corrected chi connectivity index (χ0v) is 12.3. The number of nitrogens with one attached hydrogen (secondary N) is 1. The Labute approximate surface area is 127 Å². The maximum atomic E-state index is 13.4. The molecular weight excluding hydrogens is 296 g/mol. The Kier molecular flexibility index (Phi) is 4.41. The number of rotatable bonds is 3. The van der Waals surface area contributed by atoms with Crippen molar-refractivity contribution < 1.29 is 17.6 Å². The summed E-state index contributed by atoms with van der Waals surface area (Å²) < 4.78 is 53.4. The summed E-state index contributed by atoms with van der Waals surface area (Å²) in [6.07, 6.45) is -1.56. The Morgan fingerprint density at radius 1 is 1.14 bits per heavy atom. The van der Waals surface area contributed by atoms with Crippen LogP contribution < -0.4 is 5.32 Å². The molecule has 0 amide bonds. The van der Waals surface area contributed by atoms with Gasteiger partial charge in [0.1, 0.15) is 5.82 Å². The van der Waals surface area contributed by atoms with Gasteiger partial charge in [0.2, 0.25) is 0 Å². The number of nitrogens with zero attached hydrogens (tertiary/aromatic N) is 1. The molecule has 3 rings (SSSR count). The number of halogens is 4. The van der Waals surface area contributed by atoms with Gasteiger partial charge < -0.3 is 5.32 Å². The largest absolute Gasteiger partial charge is 0.416 e. The molecule has 0 radical (unpaired) electrons. The van der Waals surface area contributed by atoms with Crippen molar-refractivity contribution in [2.45, 2.75) is 31.5 Å². The lowest BCUT2D eigenvalue weighted by molar-refractivity contribution is -0.139. The summed E-state index contributed by atoms with van der Waals surface area (Å²) in [7, 11) is 0. The predicted octanol–water partition coefficient (Wildman–Crippen LogP) is 3.59. The number of benzene rings is 1. The molecule has 1 saturated heterocycles. The molecule has 122 valence electrons. The highest BCUT2D eigenvalue weighted by Crippen LogP contribution is 2.45. The Morgan fingerprint density at radius 2 is 1.82 bits per heavy atom. The minimum absolute atomic E-state index is 0.237. The monoisotopic (exact) mass is 316 g/mol. The second-order valence-electron chi connectivity index (χ2n) is 6.15. The SMILES string of the molecule is Fc1ccc([C@@H](C2CCC2)N2CCNCC2)c(C(F)(F)F)c1. The first-order valence-electron chi connectivity index (χ1n) is 7.78. The van der Waals surface area contributed by atoms with E-state index in [-0.39, 0.29) is 17.5 Å². The van der Waals surface area contributed by atoms with E-state index in [1.807, 2.05) is 0 Å². The second kappa shape index (κ2) is 6.16. The van der Waals surface area contributed by atoms with Gasteiger partial charge in [0.05, 0.1) is 5.56 Å². The van der Waals surface area contributed by atoms with Crippen LogP contribution in [-0.2, 0) is 6.18 Å². The molecular formula is C16H20F4N2. The summed E-state index contributed by atoms with van der Waals surface area (Å²) >= 11 is 0. The van der Waals surface area contributed by atoms with Gasteiger partial charge in [-0.05, 0) is 36.5 Å². The van der Waals surface area contributed by atoms with Crippen LogP contribution in [0.5, 0.6) is 0 Å². The maximum Gasteiger partial charge on any atom is 0.416 e. The standard InChI is InChI=1S/C16H20F4N2/c17-12-4-5-13(14(10-12)16(18,19)20)15(11-2-1-3-11)22-8-6-21-7-9-22/h4-5,10-11,15,21H,1-3,6-9H2/t15-/m1/s1. The molecule has 1 aromatic carbocycles. The van der Waals surface area contributed by atoms with Gasteiger partial charge in [-0.1, -0.05) is 12.5 Å². The third-order valence-corrected chi connectivity index (χ3v) is 4.78. The molecule has 1 aromatic rings. The van der Waals surface area contributed by atoms with Crippen LogP contribution in [0.4, 0.5) is 17.6 Å². The lowest BCUT2D eigenvalue weighted by Gasteiger charge is -2.44. The van der Waals surface area contributed by atoms with Gasteiger partial charge in [-0.2, -0.15) is 13.2 Å². The average Bonchev–Trinajstić information content (AvgIpc) is 2.43. The Morgan fingerprint density at radius 3 is 2.36 bits per heavy atom. The van der Waals surface area contributed by atoms with E-state index in [4.69, 9.17) is 0 Å². The summed E-state index contributed by atoms with van der Waals surface area (Å²) in [5.41, 5.74) is -0.580. The molecule has 0 aromatic heterocycles. The summed E-state index contributed by atoms with van der Waals surface area (Å²) in [5, 5.41) is 3.23. The molecule has 1 heterocycles. The molecule has 2 aliphatic rings. The van der Waals surface area contributed by atoms with Crippen LogP contribution >= 0.6 is 0 Å². The summed E-state index contributed by atoms with van der Waals surface area (Å²) in [6.45, 7) is 3.03. The zero-order chi connectivity index (χ0) is 15.7. The number of hydrogen-bond donors (Lipinski definition) is 1. The van der Waals surface area contributed by atoms with Crippen LogP contribution in [0, 0.1) is 11.7 Å². The highest BCUT2D eigenvalue weighted by Gasteiger charge is 2.41. The molecule has 2 nitrogen and oxygen atoms in total. The average molecular weight is 316 g/mol. The van der Waals surface area contributed by atoms with Crippen LogP contribution in [0.2, 0.25) is 0 Å². The van der Waals surface area contributed by atoms with Crippen molar-refractivity contribution >= 4 is 0 Å². The fourth-order valence-electron chi connectivity index (χ4n) is 3.50. The fourth-order valence-corrected chi connectivity index (χ4v) is 3.50. The first kappa shape index (κ1) is 15.7. The lowest BCUT2D eigenvalue weighted by Crippen LogP contribution is -2.48. The highest BCUT2D eigenvalue weighted by molar-refractivity contribution is 5.34. The van der Waals surface area contributed by atoms with Gasteiger partial charge in [-0.15, -0.1) is 0 Å². The minimum atomic E-state index is -4.52. The molecule has 1 aliphatic carbocycles. The van der Waals surface area contributed by atoms with Crippen molar-refractivity contribution in [1.82, 2.24) is 10.2 Å². The molecule has 1 aliphatic heterocycles. The van der Waals surface area contributed by atoms with Crippen molar-refractivity contribution in [3.8, 4) is 0 Å². The van der Waals surface area contributed by atoms with Crippen LogP contribution in [0.3, 0.4) is 0 Å². The zero-order valence-electron chi connectivity index (χ0n) is 12.3. The summed E-state index contributed by atoms with van der Waals surface area (Å²) in [6, 6.07) is 2.87. The normalized spacial score (nSPS) is 22.4. The van der Waals surface area contributed by atoms with Gasteiger partial charge in [0.25, 0.3) is 0 Å². The van der Waals surface area contributed by atoms with Crippen molar-refractivity contribution in [3.63, 3.8) is 0 Å². The maximum absolute atomic E-state index is 13.4. The first-order chi connectivity index (χ1) is 10.5. The highest BCUT2D eigenvalue weighted by atomic mass is 19.4. The molecule has 0 bridgehead atoms. The van der Waals surface area contributed by atoms with E-state index in [1.54, 1.807) is 0 Å². The van der Waals surface area contributed by atoms with Crippen LogP contribution in [-0.4, -0.2) is 31.1 Å². The minimum Gasteiger partial charge on any atom is -0.314 e. The van der Waals surface area contributed by atoms with Crippen molar-refractivity contribution in [3.05, 3.63) is 35.1 Å². The topological polar surface area (TPSA) is 15.3 Å². The van der Waals surface area contributed by atoms with E-state index in [2.05, 4.69) is 10.2 Å². The summed E-state index contributed by atoms with van der Waals surface area (Å²) in [4.78, 5) is 2.13. The molecule has 0 unspecified atom stereocenters. The van der Waals surface area contributed by atoms with Crippen LogP contribution in [0.15, 0.2) is 18.2 Å². The van der Waals surface area contributed by atoms with Crippen LogP contribution in [0.1, 0.15) is 36.4 Å². The smallest absolute Gasteiger partial charge is 0.314 e. The van der Waals surface area contributed by atoms with Gasteiger partial charge in [-0.25, -0.2) is 4.39 Å². The van der Waals surface area contributed by atoms with Gasteiger partial charge in [-0.3, -0.25) is 4.90 Å². The lowest BCUT2D eigenvalue weighted by atomic mass is 9.75. The molecule has 22 heavy (non-hydrogen) atoms. The van der Waals surface area contributed by atoms with Gasteiger partial charge in [0, 0.05) is 32.2 Å². The molecule has 1 N–H and O–H groups in total. The fraction of sp³-hybridized carbons (Fsp3) is 0.625. The molecule has 1 atom stereocenters. The van der Waals surface area contributed by atoms with Crippen LogP contribution in [0.25, 0.3) is 0 Å². The van der Waals surface area contributed by atoms with Gasteiger partial charge >= 0.3 is 6.18 Å². The van der Waals surface area contributed by atoms with Gasteiger partial charge in [0.15, 0.2) is 0 Å². The predicted molar refractivity (Wildman–Crippen MR) is 75.9 cm³/mol. The molecule has 0 spiro atoms. The number of hydrogen-bond acceptors (Lipinski definition) is 2. The first-order valence-corrected chi connectivity index (χ1v) is 7.78. The van der Waals surface area contributed by atoms with E-state index in [0.29, 0.717) is 6.07 Å². The summed E-state index contributed by atoms with van der Waals surface area (Å²) in [5.74, 6) is -0.589. The quantitative estimate of drug-likeness (QED) is 0.857. The number of alkyl halides is 3. The molecule has 1 saturated carbocycles. The van der Waals surface area contributed by atoms with E-state index < -0.39 is 17.6 Å².